The summed E-state index contributed by atoms with van der Waals surface area (Å²) in [6.45, 7) is 2.82. The maximum absolute atomic E-state index is 13.1. The zero-order valence-electron chi connectivity index (χ0n) is 17.6. The van der Waals surface area contributed by atoms with E-state index in [4.69, 9.17) is 0 Å². The Labute approximate surface area is 190 Å². The summed E-state index contributed by atoms with van der Waals surface area (Å²) in [5.74, 6) is -0.472. The van der Waals surface area contributed by atoms with Gasteiger partial charge in [0.15, 0.2) is 5.13 Å². The van der Waals surface area contributed by atoms with E-state index >= 15 is 0 Å². The minimum Gasteiger partial charge on any atom is -0.344 e. The number of anilines is 1. The molecule has 8 nitrogen and oxygen atoms in total. The summed E-state index contributed by atoms with van der Waals surface area (Å²) in [6.07, 6.45) is 2.44. The highest BCUT2D eigenvalue weighted by Crippen LogP contribution is 2.27. The molecule has 0 aliphatic carbocycles. The predicted octanol–water partition coefficient (Wildman–Crippen LogP) is 2.58. The number of thiazole rings is 1. The fourth-order valence-electron chi connectivity index (χ4n) is 3.56. The van der Waals surface area contributed by atoms with Crippen LogP contribution in [0.25, 0.3) is 10.3 Å². The molecule has 3 heterocycles. The highest BCUT2D eigenvalue weighted by molar-refractivity contribution is 7.89. The van der Waals surface area contributed by atoms with Crippen LogP contribution in [0.5, 0.6) is 0 Å². The summed E-state index contributed by atoms with van der Waals surface area (Å²) in [5.41, 5.74) is 0.880. The summed E-state index contributed by atoms with van der Waals surface area (Å²) in [6, 6.07) is 8.53. The van der Waals surface area contributed by atoms with Crippen molar-refractivity contribution >= 4 is 42.7 Å². The van der Waals surface area contributed by atoms with Crippen molar-refractivity contribution in [3.8, 4) is 0 Å². The molecule has 0 N–H and O–H groups in total. The number of halogens is 1. The van der Waals surface area contributed by atoms with Crippen LogP contribution in [0.1, 0.15) is 12.8 Å². The van der Waals surface area contributed by atoms with E-state index in [0.717, 1.165) is 27.6 Å². The molecule has 0 spiro atoms. The predicted molar refractivity (Wildman–Crippen MR) is 122 cm³/mol. The van der Waals surface area contributed by atoms with E-state index in [1.165, 1.54) is 23.5 Å². The molecule has 1 aromatic carbocycles. The molecular formula is C21H24FN5O3S2. The van der Waals surface area contributed by atoms with Crippen molar-refractivity contribution in [2.24, 2.45) is 0 Å². The number of piperazine rings is 1. The van der Waals surface area contributed by atoms with Crippen molar-refractivity contribution < 1.29 is 17.6 Å². The van der Waals surface area contributed by atoms with Gasteiger partial charge < -0.3 is 9.80 Å². The Balaban J connectivity index is 1.25. The van der Waals surface area contributed by atoms with Crippen LogP contribution in [0, 0.1) is 5.82 Å². The second-order valence-corrected chi connectivity index (χ2v) is 10.6. The van der Waals surface area contributed by atoms with Gasteiger partial charge in [-0.15, -0.1) is 0 Å². The van der Waals surface area contributed by atoms with Crippen LogP contribution in [-0.2, 0) is 14.8 Å². The van der Waals surface area contributed by atoms with Crippen molar-refractivity contribution in [3.63, 3.8) is 0 Å². The average molecular weight is 478 g/mol. The SMILES string of the molecule is CN(CCCC(=O)N1CCN(c2nc3cccnc3s2)CC1)S(=O)(=O)c1ccc(F)cc1. The molecular weight excluding hydrogens is 453 g/mol. The number of amides is 1. The van der Waals surface area contributed by atoms with Crippen LogP contribution >= 0.6 is 11.3 Å². The fraction of sp³-hybridized carbons (Fsp3) is 0.381. The molecule has 1 fully saturated rings. The van der Waals surface area contributed by atoms with Crippen molar-refractivity contribution in [1.29, 1.82) is 0 Å². The summed E-state index contributed by atoms with van der Waals surface area (Å²) < 4.78 is 39.4. The van der Waals surface area contributed by atoms with Crippen LogP contribution in [0.4, 0.5) is 9.52 Å². The maximum Gasteiger partial charge on any atom is 0.242 e. The van der Waals surface area contributed by atoms with Crippen LogP contribution in [0.15, 0.2) is 47.5 Å². The molecule has 0 unspecified atom stereocenters. The molecule has 11 heteroatoms. The number of rotatable bonds is 7. The van der Waals surface area contributed by atoms with Crippen LogP contribution in [-0.4, -0.2) is 73.3 Å². The molecule has 0 bridgehead atoms. The number of sulfonamides is 1. The van der Waals surface area contributed by atoms with Gasteiger partial charge in [-0.2, -0.15) is 0 Å². The second kappa shape index (κ2) is 9.47. The Kier molecular flexibility index (Phi) is 6.68. The largest absolute Gasteiger partial charge is 0.344 e. The third kappa shape index (κ3) is 4.89. The number of benzene rings is 1. The van der Waals surface area contributed by atoms with E-state index in [1.807, 2.05) is 17.0 Å². The normalized spacial score (nSPS) is 15.0. The van der Waals surface area contributed by atoms with Crippen LogP contribution < -0.4 is 4.90 Å². The number of hydrogen-bond acceptors (Lipinski definition) is 7. The molecule has 1 saturated heterocycles. The van der Waals surface area contributed by atoms with E-state index in [9.17, 15) is 17.6 Å². The summed E-state index contributed by atoms with van der Waals surface area (Å²) >= 11 is 1.55. The van der Waals surface area contributed by atoms with Gasteiger partial charge in [0, 0.05) is 52.4 Å². The lowest BCUT2D eigenvalue weighted by atomic mass is 10.2. The number of aromatic nitrogens is 2. The molecule has 1 aliphatic heterocycles. The van der Waals surface area contributed by atoms with Gasteiger partial charge in [-0.25, -0.2) is 27.1 Å². The smallest absolute Gasteiger partial charge is 0.242 e. The van der Waals surface area contributed by atoms with Gasteiger partial charge in [-0.05, 0) is 42.8 Å². The van der Waals surface area contributed by atoms with Gasteiger partial charge in [0.05, 0.1) is 4.90 Å². The minimum atomic E-state index is -3.70. The van der Waals surface area contributed by atoms with E-state index in [0.29, 0.717) is 32.6 Å². The Morgan fingerprint density at radius 3 is 2.56 bits per heavy atom. The number of fused-ring (bicyclic) bond motifs is 1. The van der Waals surface area contributed by atoms with Gasteiger partial charge in [-0.3, -0.25) is 4.79 Å². The van der Waals surface area contributed by atoms with Gasteiger partial charge in [-0.1, -0.05) is 11.3 Å². The quantitative estimate of drug-likeness (QED) is 0.520. The summed E-state index contributed by atoms with van der Waals surface area (Å²) in [7, 11) is -2.24. The van der Waals surface area contributed by atoms with Crippen molar-refractivity contribution in [1.82, 2.24) is 19.2 Å². The zero-order chi connectivity index (χ0) is 22.7. The van der Waals surface area contributed by atoms with Gasteiger partial charge in [0.25, 0.3) is 0 Å². The molecule has 1 amide bonds. The number of carbonyl (C=O) groups excluding carboxylic acids is 1. The monoisotopic (exact) mass is 477 g/mol. The molecule has 0 atom stereocenters. The van der Waals surface area contributed by atoms with Gasteiger partial charge in [0.2, 0.25) is 15.9 Å². The van der Waals surface area contributed by atoms with E-state index in [2.05, 4.69) is 14.9 Å². The van der Waals surface area contributed by atoms with Gasteiger partial charge in [0.1, 0.15) is 16.2 Å². The van der Waals surface area contributed by atoms with Crippen LogP contribution in [0.2, 0.25) is 0 Å². The summed E-state index contributed by atoms with van der Waals surface area (Å²) in [4.78, 5) is 26.5. The van der Waals surface area contributed by atoms with E-state index < -0.39 is 15.8 Å². The third-order valence-electron chi connectivity index (χ3n) is 5.44. The second-order valence-electron chi connectivity index (χ2n) is 7.58. The molecule has 3 aromatic rings. The molecule has 32 heavy (non-hydrogen) atoms. The lowest BCUT2D eigenvalue weighted by Gasteiger charge is -2.34. The number of pyridine rings is 1. The Morgan fingerprint density at radius 1 is 1.16 bits per heavy atom. The summed E-state index contributed by atoms with van der Waals surface area (Å²) in [5, 5.41) is 0.915. The first-order valence-corrected chi connectivity index (χ1v) is 12.6. The van der Waals surface area contributed by atoms with Gasteiger partial charge >= 0.3 is 0 Å². The number of nitrogens with zero attached hydrogens (tertiary/aromatic N) is 5. The van der Waals surface area contributed by atoms with E-state index in [1.54, 1.807) is 17.5 Å². The first-order chi connectivity index (χ1) is 15.3. The molecule has 1 aliphatic rings. The Bertz CT molecular complexity index is 1160. The van der Waals surface area contributed by atoms with Crippen molar-refractivity contribution in [3.05, 3.63) is 48.4 Å². The highest BCUT2D eigenvalue weighted by atomic mass is 32.2. The van der Waals surface area contributed by atoms with E-state index in [-0.39, 0.29) is 23.8 Å². The lowest BCUT2D eigenvalue weighted by Crippen LogP contribution is -2.48. The lowest BCUT2D eigenvalue weighted by molar-refractivity contribution is -0.131. The van der Waals surface area contributed by atoms with Crippen molar-refractivity contribution in [2.45, 2.75) is 17.7 Å². The molecule has 4 rings (SSSR count). The van der Waals surface area contributed by atoms with Crippen molar-refractivity contribution in [2.75, 3.05) is 44.7 Å². The maximum atomic E-state index is 13.1. The first kappa shape index (κ1) is 22.6. The van der Waals surface area contributed by atoms with Crippen LogP contribution in [0.3, 0.4) is 0 Å². The highest BCUT2D eigenvalue weighted by Gasteiger charge is 2.24. The average Bonchev–Trinajstić information content (AvgIpc) is 3.23. The molecule has 2 aromatic heterocycles. The molecule has 170 valence electrons. The standard InChI is InChI=1S/C21H24FN5O3S2/c1-25(32(29,30)17-8-6-16(22)7-9-17)11-3-5-19(28)26-12-14-27(15-13-26)21-24-18-4-2-10-23-20(18)31-21/h2,4,6-10H,3,5,11-15H2,1H3. The molecule has 0 saturated carbocycles. The minimum absolute atomic E-state index is 0.0168. The third-order valence-corrected chi connectivity index (χ3v) is 8.35. The number of hydrogen-bond donors (Lipinski definition) is 0. The molecule has 0 radical (unpaired) electrons. The zero-order valence-corrected chi connectivity index (χ0v) is 19.3. The Hall–Kier alpha value is -2.63. The number of carbonyl (C=O) groups is 1. The Morgan fingerprint density at radius 2 is 1.88 bits per heavy atom. The first-order valence-electron chi connectivity index (χ1n) is 10.3. The topological polar surface area (TPSA) is 86.7 Å². The fourth-order valence-corrected chi connectivity index (χ4v) is 5.73.